The topological polar surface area (TPSA) is 128 Å². The fraction of sp³-hybridized carbons (Fsp3) is 0.308. The largest absolute Gasteiger partial charge is 0.393 e. The van der Waals surface area contributed by atoms with Gasteiger partial charge in [-0.15, -0.1) is 11.3 Å². The molecule has 1 aliphatic carbocycles. The summed E-state index contributed by atoms with van der Waals surface area (Å²) >= 11 is 1.37. The van der Waals surface area contributed by atoms with Crippen LogP contribution in [0.5, 0.6) is 0 Å². The number of aromatic nitrogens is 4. The molecule has 1 amide bonds. The van der Waals surface area contributed by atoms with Crippen molar-refractivity contribution in [2.24, 2.45) is 0 Å². The molecule has 12 heteroatoms. The molecule has 3 aromatic heterocycles. The number of H-pyrrole nitrogens is 1. The molecule has 0 saturated heterocycles. The average molecular weight is 536 g/mol. The summed E-state index contributed by atoms with van der Waals surface area (Å²) < 4.78 is 16.6. The molecule has 10 nitrogen and oxygen atoms in total. The second-order valence-electron chi connectivity index (χ2n) is 9.71. The lowest BCUT2D eigenvalue weighted by Crippen LogP contribution is -2.30. The zero-order valence-corrected chi connectivity index (χ0v) is 21.4. The number of hydrogen-bond donors (Lipinski definition) is 4. The summed E-state index contributed by atoms with van der Waals surface area (Å²) in [5, 5.41) is 26.8. The number of carbonyl (C=O) groups is 1. The number of aliphatic hydroxyl groups is 1. The first-order chi connectivity index (χ1) is 18.3. The van der Waals surface area contributed by atoms with E-state index in [0.29, 0.717) is 34.8 Å². The Morgan fingerprint density at radius 3 is 2.95 bits per heavy atom. The second-order valence-corrected chi connectivity index (χ2v) is 10.8. The van der Waals surface area contributed by atoms with Gasteiger partial charge in [0.1, 0.15) is 11.5 Å². The molecule has 0 radical (unpaired) electrons. The summed E-state index contributed by atoms with van der Waals surface area (Å²) in [5.74, 6) is -0.451. The molecule has 1 atom stereocenters. The molecular weight excluding hydrogens is 509 g/mol. The Morgan fingerprint density at radius 2 is 2.08 bits per heavy atom. The number of halogens is 1. The molecule has 196 valence electrons. The molecular formula is C26H26FN7O3S. The van der Waals surface area contributed by atoms with Crippen LogP contribution in [0.2, 0.25) is 0 Å². The van der Waals surface area contributed by atoms with Crippen LogP contribution in [-0.2, 0) is 25.9 Å². The van der Waals surface area contributed by atoms with Crippen molar-refractivity contribution >= 4 is 34.4 Å². The van der Waals surface area contributed by atoms with E-state index in [0.717, 1.165) is 42.2 Å². The molecule has 0 fully saturated rings. The maximum absolute atomic E-state index is 14.7. The smallest absolute Gasteiger partial charge is 0.287 e. The van der Waals surface area contributed by atoms with Crippen LogP contribution in [0.1, 0.15) is 32.2 Å². The molecule has 1 aliphatic heterocycles. The van der Waals surface area contributed by atoms with Gasteiger partial charge in [-0.25, -0.2) is 9.49 Å². The second kappa shape index (κ2) is 9.78. The SMILES string of the molecule is CN1CCn2nc(Nc3cc(-c4ccc(F)c(NC(=O)c5cc6c(s5)CCC(O)C6)c4)n[nH]c3=O)cc2C1. The summed E-state index contributed by atoms with van der Waals surface area (Å²) in [7, 11) is 2.04. The number of amides is 1. The summed E-state index contributed by atoms with van der Waals surface area (Å²) in [6, 6.07) is 9.52. The van der Waals surface area contributed by atoms with Gasteiger partial charge in [0.15, 0.2) is 5.82 Å². The number of nitrogens with one attached hydrogen (secondary N) is 3. The van der Waals surface area contributed by atoms with Gasteiger partial charge in [0.25, 0.3) is 11.5 Å². The average Bonchev–Trinajstić information content (AvgIpc) is 3.49. The highest BCUT2D eigenvalue weighted by atomic mass is 32.1. The summed E-state index contributed by atoms with van der Waals surface area (Å²) in [5.41, 5.74) is 2.77. The minimum Gasteiger partial charge on any atom is -0.393 e. The van der Waals surface area contributed by atoms with Crippen LogP contribution in [0, 0.1) is 5.82 Å². The van der Waals surface area contributed by atoms with Crippen LogP contribution in [0.15, 0.2) is 41.2 Å². The van der Waals surface area contributed by atoms with Crippen LogP contribution in [-0.4, -0.2) is 55.6 Å². The summed E-state index contributed by atoms with van der Waals surface area (Å²) in [6.45, 7) is 2.44. The quantitative estimate of drug-likeness (QED) is 0.309. The predicted octanol–water partition coefficient (Wildman–Crippen LogP) is 3.12. The Kier molecular flexibility index (Phi) is 6.30. The van der Waals surface area contributed by atoms with Crippen molar-refractivity contribution in [2.45, 2.75) is 38.5 Å². The van der Waals surface area contributed by atoms with Crippen molar-refractivity contribution in [3.8, 4) is 11.3 Å². The third-order valence-corrected chi connectivity index (χ3v) is 8.08. The number of anilines is 3. The van der Waals surface area contributed by atoms with Crippen LogP contribution in [0.25, 0.3) is 11.3 Å². The van der Waals surface area contributed by atoms with Gasteiger partial charge in [-0.2, -0.15) is 10.2 Å². The molecule has 4 heterocycles. The van der Waals surface area contributed by atoms with Crippen LogP contribution in [0.4, 0.5) is 21.6 Å². The van der Waals surface area contributed by atoms with Crippen LogP contribution < -0.4 is 16.2 Å². The standard InChI is InChI=1S/C26H26FN7O3S/c1-33-6-7-34-16(13-33)11-24(32-34)28-21-12-19(30-31-25(21)36)14-2-4-18(27)20(9-14)29-26(37)23-10-15-8-17(35)3-5-22(15)38-23/h2,4,9-12,17,35H,3,5-8,13H2,1H3,(H,29,37)(H,31,36)(H,28,30,32). The number of fused-ring (bicyclic) bond motifs is 2. The van der Waals surface area contributed by atoms with E-state index in [1.807, 2.05) is 17.8 Å². The minimum absolute atomic E-state index is 0.00677. The van der Waals surface area contributed by atoms with Gasteiger partial charge >= 0.3 is 0 Å². The minimum atomic E-state index is -0.588. The lowest BCUT2D eigenvalue weighted by molar-refractivity contribution is 0.102. The number of likely N-dealkylation sites (N-methyl/N-ethyl adjacent to an activating group) is 1. The van der Waals surface area contributed by atoms with Gasteiger partial charge in [0.2, 0.25) is 0 Å². The highest BCUT2D eigenvalue weighted by Crippen LogP contribution is 2.31. The number of nitrogens with zero attached hydrogens (tertiary/aromatic N) is 4. The van der Waals surface area contributed by atoms with Gasteiger partial charge in [-0.1, -0.05) is 0 Å². The van der Waals surface area contributed by atoms with Gasteiger partial charge in [-0.05, 0) is 62.2 Å². The van der Waals surface area contributed by atoms with Crippen molar-refractivity contribution in [3.63, 3.8) is 0 Å². The van der Waals surface area contributed by atoms with Crippen molar-refractivity contribution in [1.29, 1.82) is 0 Å². The number of hydrogen-bond acceptors (Lipinski definition) is 8. The van der Waals surface area contributed by atoms with E-state index in [9.17, 15) is 19.1 Å². The monoisotopic (exact) mass is 535 g/mol. The first-order valence-corrected chi connectivity index (χ1v) is 13.2. The molecule has 4 aromatic rings. The van der Waals surface area contributed by atoms with E-state index in [2.05, 4.69) is 30.8 Å². The van der Waals surface area contributed by atoms with Gasteiger partial charge < -0.3 is 15.7 Å². The van der Waals surface area contributed by atoms with Crippen molar-refractivity contribution in [3.05, 3.63) is 73.6 Å². The highest BCUT2D eigenvalue weighted by molar-refractivity contribution is 7.14. The first-order valence-electron chi connectivity index (χ1n) is 12.4. The van der Waals surface area contributed by atoms with E-state index in [1.54, 1.807) is 12.1 Å². The van der Waals surface area contributed by atoms with Gasteiger partial charge in [0.05, 0.1) is 34.6 Å². The number of benzene rings is 1. The van der Waals surface area contributed by atoms with E-state index in [-0.39, 0.29) is 11.4 Å². The lowest BCUT2D eigenvalue weighted by atomic mass is 9.96. The van der Waals surface area contributed by atoms with Crippen LogP contribution in [0.3, 0.4) is 0 Å². The highest BCUT2D eigenvalue weighted by Gasteiger charge is 2.22. The Morgan fingerprint density at radius 1 is 1.21 bits per heavy atom. The Balaban J connectivity index is 1.23. The third kappa shape index (κ3) is 4.85. The predicted molar refractivity (Wildman–Crippen MR) is 142 cm³/mol. The van der Waals surface area contributed by atoms with E-state index in [4.69, 9.17) is 0 Å². The number of rotatable bonds is 5. The molecule has 2 aliphatic rings. The van der Waals surface area contributed by atoms with Crippen molar-refractivity contribution in [1.82, 2.24) is 24.9 Å². The van der Waals surface area contributed by atoms with Crippen LogP contribution >= 0.6 is 11.3 Å². The Labute approximate surface area is 221 Å². The summed E-state index contributed by atoms with van der Waals surface area (Å²) in [6.07, 6.45) is 1.53. The molecule has 0 spiro atoms. The molecule has 0 saturated carbocycles. The maximum atomic E-state index is 14.7. The molecule has 38 heavy (non-hydrogen) atoms. The van der Waals surface area contributed by atoms with E-state index < -0.39 is 23.4 Å². The number of thiophene rings is 1. The zero-order chi connectivity index (χ0) is 26.4. The molecule has 1 unspecified atom stereocenters. The fourth-order valence-electron chi connectivity index (χ4n) is 4.82. The van der Waals surface area contributed by atoms with Gasteiger partial charge in [-0.3, -0.25) is 19.2 Å². The molecule has 4 N–H and O–H groups in total. The lowest BCUT2D eigenvalue weighted by Gasteiger charge is -2.22. The van der Waals surface area contributed by atoms with E-state index >= 15 is 0 Å². The summed E-state index contributed by atoms with van der Waals surface area (Å²) in [4.78, 5) is 29.1. The number of aromatic amines is 1. The van der Waals surface area contributed by atoms with Gasteiger partial charge in [0, 0.05) is 29.6 Å². The normalized spacial score (nSPS) is 17.1. The van der Waals surface area contributed by atoms with Crippen molar-refractivity contribution in [2.75, 3.05) is 24.2 Å². The molecule has 0 bridgehead atoms. The third-order valence-electron chi connectivity index (χ3n) is 6.85. The maximum Gasteiger partial charge on any atom is 0.287 e. The fourth-order valence-corrected chi connectivity index (χ4v) is 5.93. The number of aliphatic hydroxyl groups excluding tert-OH is 1. The van der Waals surface area contributed by atoms with E-state index in [1.165, 1.54) is 29.5 Å². The number of carbonyl (C=O) groups excluding carboxylic acids is 1. The van der Waals surface area contributed by atoms with Crippen molar-refractivity contribution < 1.29 is 14.3 Å². The Bertz CT molecular complexity index is 1590. The number of aryl methyl sites for hydroxylation is 1. The first kappa shape index (κ1) is 24.5. The molecule has 6 rings (SSSR count). The molecule has 1 aromatic carbocycles. The Hall–Kier alpha value is -3.87. The zero-order valence-electron chi connectivity index (χ0n) is 20.6.